The minimum atomic E-state index is -4.48. The Hall–Kier alpha value is -3.47. The molecule has 0 saturated heterocycles. The summed E-state index contributed by atoms with van der Waals surface area (Å²) in [6, 6.07) is 23.5. The zero-order chi connectivity index (χ0) is 37.7. The van der Waals surface area contributed by atoms with Crippen LogP contribution in [0.4, 0.5) is 13.2 Å². The van der Waals surface area contributed by atoms with E-state index < -0.39 is 22.6 Å². The number of hydrogen-bond donors (Lipinski definition) is 0. The Bertz CT molecular complexity index is 1900. The van der Waals surface area contributed by atoms with Crippen LogP contribution in [0.2, 0.25) is 0 Å². The van der Waals surface area contributed by atoms with Crippen molar-refractivity contribution in [1.82, 2.24) is 9.97 Å². The van der Waals surface area contributed by atoms with Gasteiger partial charge in [0.25, 0.3) is 0 Å². The van der Waals surface area contributed by atoms with E-state index >= 15 is 0 Å². The summed E-state index contributed by atoms with van der Waals surface area (Å²) in [5, 5.41) is 0. The number of alkyl halides is 3. The van der Waals surface area contributed by atoms with Crippen LogP contribution in [-0.2, 0) is 22.4 Å². The molecule has 0 amide bonds. The van der Waals surface area contributed by atoms with Gasteiger partial charge in [0.05, 0.1) is 28.3 Å². The van der Waals surface area contributed by atoms with E-state index in [2.05, 4.69) is 72.7 Å². The maximum atomic E-state index is 14.8. The van der Waals surface area contributed by atoms with Gasteiger partial charge in [0, 0.05) is 16.5 Å². The maximum Gasteiger partial charge on any atom is 0.416 e. The van der Waals surface area contributed by atoms with Crippen LogP contribution in [-0.4, -0.2) is 9.97 Å². The molecule has 2 heterocycles. The van der Waals surface area contributed by atoms with Crippen molar-refractivity contribution in [2.24, 2.45) is 10.8 Å². The van der Waals surface area contributed by atoms with E-state index in [-0.39, 0.29) is 16.2 Å². The minimum absolute atomic E-state index is 0.0644. The van der Waals surface area contributed by atoms with Gasteiger partial charge in [-0.2, -0.15) is 13.2 Å². The summed E-state index contributed by atoms with van der Waals surface area (Å²) in [6.07, 6.45) is 7.16. The van der Waals surface area contributed by atoms with Gasteiger partial charge in [-0.1, -0.05) is 116 Å². The van der Waals surface area contributed by atoms with Gasteiger partial charge in [-0.25, -0.2) is 0 Å². The highest BCUT2D eigenvalue weighted by atomic mass is 19.4. The largest absolute Gasteiger partial charge is 0.416 e. The second-order valence-electron chi connectivity index (χ2n) is 18.2. The number of rotatable bonds is 8. The lowest BCUT2D eigenvalue weighted by atomic mass is 9.56. The average Bonchev–Trinajstić information content (AvgIpc) is 3.11. The third kappa shape index (κ3) is 6.87. The molecule has 0 spiro atoms. The number of aryl methyl sites for hydroxylation is 1. The summed E-state index contributed by atoms with van der Waals surface area (Å²) < 4.78 is 44.4. The predicted molar refractivity (Wildman–Crippen MR) is 210 cm³/mol. The van der Waals surface area contributed by atoms with E-state index in [0.29, 0.717) is 16.8 Å². The summed E-state index contributed by atoms with van der Waals surface area (Å²) in [6.45, 7) is 19.9. The lowest BCUT2D eigenvalue weighted by molar-refractivity contribution is -0.139. The molecule has 0 aliphatic heterocycles. The van der Waals surface area contributed by atoms with Crippen molar-refractivity contribution < 1.29 is 13.2 Å². The quantitative estimate of drug-likeness (QED) is 0.182. The highest BCUT2D eigenvalue weighted by Gasteiger charge is 2.47. The smallest absolute Gasteiger partial charge is 0.252 e. The first-order valence-corrected chi connectivity index (χ1v) is 19.6. The van der Waals surface area contributed by atoms with E-state index in [4.69, 9.17) is 9.97 Å². The highest BCUT2D eigenvalue weighted by molar-refractivity contribution is 5.64. The van der Waals surface area contributed by atoms with E-state index in [1.807, 2.05) is 50.2 Å². The second-order valence-corrected chi connectivity index (χ2v) is 18.2. The Morgan fingerprint density at radius 2 is 0.942 bits per heavy atom. The van der Waals surface area contributed by atoms with Crippen LogP contribution in [0.1, 0.15) is 153 Å². The topological polar surface area (TPSA) is 25.8 Å². The van der Waals surface area contributed by atoms with Crippen molar-refractivity contribution >= 4 is 0 Å². The van der Waals surface area contributed by atoms with Gasteiger partial charge in [-0.3, -0.25) is 9.97 Å². The lowest BCUT2D eigenvalue weighted by Crippen LogP contribution is -2.41. The third-order valence-corrected chi connectivity index (χ3v) is 14.2. The summed E-state index contributed by atoms with van der Waals surface area (Å²) in [7, 11) is 0. The number of pyridine rings is 2. The van der Waals surface area contributed by atoms with Gasteiger partial charge in [0.1, 0.15) is 0 Å². The number of aromatic nitrogens is 2. The molecule has 2 nitrogen and oxygen atoms in total. The predicted octanol–water partition coefficient (Wildman–Crippen LogP) is 14.0. The zero-order valence-electron chi connectivity index (χ0n) is 33.0. The molecule has 2 aromatic heterocycles. The van der Waals surface area contributed by atoms with E-state index in [9.17, 15) is 13.2 Å². The summed E-state index contributed by atoms with van der Waals surface area (Å²) in [5.41, 5.74) is 6.04. The van der Waals surface area contributed by atoms with Gasteiger partial charge in [-0.15, -0.1) is 0 Å². The van der Waals surface area contributed by atoms with Gasteiger partial charge in [0.2, 0.25) is 0 Å². The lowest BCUT2D eigenvalue weighted by Gasteiger charge is -2.48. The number of hydrogen-bond acceptors (Lipinski definition) is 2. The molecule has 2 saturated carbocycles. The molecule has 0 N–H and O–H groups in total. The molecule has 2 aliphatic rings. The standard InChI is InChI=1S/C47H59F3N2/c1-32-30-33(22-24-35(32)43(4,5)45(8)26-12-10-13-27-45)38-18-16-20-40(51-38)42(2,3)41-21-17-19-39(52-41)34-23-25-36(37(31-34)47(48,49)50)44(6,7)46(9)28-14-11-15-29-46/h16-25,30-31H,10-15,26-29H2,1-9H3. The van der Waals surface area contributed by atoms with Gasteiger partial charge < -0.3 is 0 Å². The van der Waals surface area contributed by atoms with Gasteiger partial charge >= 0.3 is 6.18 Å². The SMILES string of the molecule is Cc1cc(-c2cccc(C(C)(C)c3cccc(-c4ccc(C(C)(C)C5(C)CCCCC5)c(C(F)(F)F)c4)n3)n2)ccc1C(C)(C)C1(C)CCCCC1. The number of nitrogens with zero attached hydrogens (tertiary/aromatic N) is 2. The Balaban J connectivity index is 1.31. The molecule has 0 radical (unpaired) electrons. The molecule has 2 aromatic carbocycles. The second kappa shape index (κ2) is 13.7. The molecule has 0 unspecified atom stereocenters. The summed E-state index contributed by atoms with van der Waals surface area (Å²) in [5.74, 6) is 0. The van der Waals surface area contributed by atoms with E-state index in [1.165, 1.54) is 49.3 Å². The number of benzene rings is 2. The van der Waals surface area contributed by atoms with Crippen LogP contribution >= 0.6 is 0 Å². The molecule has 52 heavy (non-hydrogen) atoms. The fraction of sp³-hybridized carbons (Fsp3) is 0.532. The zero-order valence-corrected chi connectivity index (χ0v) is 33.0. The fourth-order valence-corrected chi connectivity index (χ4v) is 9.59. The average molecular weight is 709 g/mol. The molecular formula is C47H59F3N2. The van der Waals surface area contributed by atoms with E-state index in [0.717, 1.165) is 54.7 Å². The number of halogens is 3. The Morgan fingerprint density at radius 1 is 0.519 bits per heavy atom. The monoisotopic (exact) mass is 708 g/mol. The van der Waals surface area contributed by atoms with Crippen LogP contribution in [0.3, 0.4) is 0 Å². The van der Waals surface area contributed by atoms with Crippen molar-refractivity contribution in [2.75, 3.05) is 0 Å². The summed E-state index contributed by atoms with van der Waals surface area (Å²) in [4.78, 5) is 10.2. The molecule has 2 fully saturated rings. The Morgan fingerprint density at radius 3 is 1.38 bits per heavy atom. The highest BCUT2D eigenvalue weighted by Crippen LogP contribution is 2.54. The Kier molecular flexibility index (Phi) is 10.1. The first-order valence-electron chi connectivity index (χ1n) is 19.6. The fourth-order valence-electron chi connectivity index (χ4n) is 9.59. The van der Waals surface area contributed by atoms with Crippen molar-refractivity contribution in [3.05, 3.63) is 106 Å². The van der Waals surface area contributed by atoms with Crippen molar-refractivity contribution in [3.8, 4) is 22.5 Å². The Labute approximate surface area is 311 Å². The van der Waals surface area contributed by atoms with Gasteiger partial charge in [-0.05, 0) is 121 Å². The molecule has 6 rings (SSSR count). The minimum Gasteiger partial charge on any atom is -0.252 e. The maximum absolute atomic E-state index is 14.8. The van der Waals surface area contributed by atoms with Crippen LogP contribution in [0.25, 0.3) is 22.5 Å². The van der Waals surface area contributed by atoms with Crippen LogP contribution in [0.15, 0.2) is 72.8 Å². The molecule has 2 aliphatic carbocycles. The van der Waals surface area contributed by atoms with Crippen LogP contribution in [0, 0.1) is 17.8 Å². The van der Waals surface area contributed by atoms with E-state index in [1.54, 1.807) is 6.07 Å². The molecule has 0 atom stereocenters. The van der Waals surface area contributed by atoms with Crippen molar-refractivity contribution in [2.45, 2.75) is 149 Å². The molecular weight excluding hydrogens is 650 g/mol. The normalized spacial score (nSPS) is 18.3. The summed E-state index contributed by atoms with van der Waals surface area (Å²) >= 11 is 0. The van der Waals surface area contributed by atoms with Crippen LogP contribution < -0.4 is 0 Å². The van der Waals surface area contributed by atoms with Crippen molar-refractivity contribution in [1.29, 1.82) is 0 Å². The first kappa shape index (κ1) is 38.3. The third-order valence-electron chi connectivity index (χ3n) is 14.2. The molecule has 0 bridgehead atoms. The first-order chi connectivity index (χ1) is 24.3. The van der Waals surface area contributed by atoms with Gasteiger partial charge in [0.15, 0.2) is 0 Å². The molecule has 4 aromatic rings. The molecule has 5 heteroatoms. The van der Waals surface area contributed by atoms with Crippen LogP contribution in [0.5, 0.6) is 0 Å². The molecule has 278 valence electrons. The van der Waals surface area contributed by atoms with Crippen molar-refractivity contribution in [3.63, 3.8) is 0 Å².